The van der Waals surface area contributed by atoms with Gasteiger partial charge in [-0.25, -0.2) is 4.98 Å². The smallest absolute Gasteiger partial charge is 0.441 e. The van der Waals surface area contributed by atoms with E-state index in [-0.39, 0.29) is 18.3 Å². The molecule has 0 atom stereocenters. The monoisotopic (exact) mass is 273 g/mol. The van der Waals surface area contributed by atoms with Crippen LogP contribution >= 0.6 is 0 Å². The van der Waals surface area contributed by atoms with E-state index in [1.165, 1.54) is 0 Å². The summed E-state index contributed by atoms with van der Waals surface area (Å²) in [4.78, 5) is 4.40. The molecule has 2 heterocycles. The second-order valence-corrected chi connectivity index (χ2v) is 6.51. The average Bonchev–Trinajstić information content (AvgIpc) is 2.77. The number of rotatable bonds is 1. The van der Waals surface area contributed by atoms with E-state index in [0.29, 0.717) is 5.89 Å². The van der Waals surface area contributed by atoms with Crippen LogP contribution < -0.4 is 5.46 Å². The number of aromatic nitrogens is 1. The van der Waals surface area contributed by atoms with Gasteiger partial charge < -0.3 is 13.7 Å². The second-order valence-electron chi connectivity index (χ2n) is 6.51. The molecule has 106 valence electrons. The normalized spacial score (nSPS) is 20.8. The Morgan fingerprint density at radius 3 is 2.20 bits per heavy atom. The van der Waals surface area contributed by atoms with Gasteiger partial charge >= 0.3 is 7.12 Å². The first kappa shape index (κ1) is 13.6. The van der Waals surface area contributed by atoms with Gasteiger partial charge in [0.2, 0.25) is 0 Å². The summed E-state index contributed by atoms with van der Waals surface area (Å²) >= 11 is 0. The van der Waals surface area contributed by atoms with E-state index in [4.69, 9.17) is 13.7 Å². The van der Waals surface area contributed by atoms with E-state index in [1.54, 1.807) is 0 Å². The van der Waals surface area contributed by atoms with Crippen LogP contribution in [0.5, 0.6) is 0 Å². The fraction of sp³-hybridized carbons (Fsp3) is 0.533. The zero-order chi connectivity index (χ0) is 14.7. The fourth-order valence-electron chi connectivity index (χ4n) is 2.45. The molecular formula is C15H20BNO3. The molecule has 2 aromatic rings. The Kier molecular flexibility index (Phi) is 2.79. The predicted octanol–water partition coefficient (Wildman–Crippen LogP) is 2.74. The maximum absolute atomic E-state index is 6.08. The third kappa shape index (κ3) is 1.96. The molecule has 0 unspecified atom stereocenters. The van der Waals surface area contributed by atoms with Gasteiger partial charge in [-0.1, -0.05) is 6.07 Å². The molecule has 1 saturated heterocycles. The van der Waals surface area contributed by atoms with Crippen molar-refractivity contribution < 1.29 is 13.7 Å². The van der Waals surface area contributed by atoms with Crippen molar-refractivity contribution in [2.24, 2.45) is 0 Å². The van der Waals surface area contributed by atoms with Crippen molar-refractivity contribution in [1.82, 2.24) is 4.98 Å². The second kappa shape index (κ2) is 4.09. The zero-order valence-electron chi connectivity index (χ0n) is 12.9. The van der Waals surface area contributed by atoms with Gasteiger partial charge in [0.25, 0.3) is 0 Å². The van der Waals surface area contributed by atoms with Crippen LogP contribution in [0.15, 0.2) is 16.5 Å². The molecule has 5 heteroatoms. The third-order valence-electron chi connectivity index (χ3n) is 4.33. The van der Waals surface area contributed by atoms with Gasteiger partial charge in [0.05, 0.1) is 11.2 Å². The minimum Gasteiger partial charge on any atom is -0.441 e. The molecule has 4 nitrogen and oxygen atoms in total. The van der Waals surface area contributed by atoms with Crippen LogP contribution in [-0.2, 0) is 9.31 Å². The lowest BCUT2D eigenvalue weighted by Crippen LogP contribution is -2.41. The first-order valence-corrected chi connectivity index (χ1v) is 6.93. The van der Waals surface area contributed by atoms with Crippen LogP contribution in [0.1, 0.15) is 39.1 Å². The lowest BCUT2D eigenvalue weighted by molar-refractivity contribution is 0.00578. The molecule has 1 aromatic heterocycles. The maximum atomic E-state index is 6.08. The Labute approximate surface area is 119 Å². The van der Waals surface area contributed by atoms with E-state index >= 15 is 0 Å². The van der Waals surface area contributed by atoms with Crippen molar-refractivity contribution >= 4 is 23.7 Å². The molecule has 20 heavy (non-hydrogen) atoms. The van der Waals surface area contributed by atoms with Crippen LogP contribution in [0.25, 0.3) is 11.1 Å². The first-order valence-electron chi connectivity index (χ1n) is 6.93. The summed E-state index contributed by atoms with van der Waals surface area (Å²) in [5, 5.41) is 0. The van der Waals surface area contributed by atoms with Crippen LogP contribution in [-0.4, -0.2) is 23.3 Å². The minimum absolute atomic E-state index is 0.333. The lowest BCUT2D eigenvalue weighted by Gasteiger charge is -2.32. The maximum Gasteiger partial charge on any atom is 0.494 e. The number of hydrogen-bond acceptors (Lipinski definition) is 4. The number of nitrogens with zero attached hydrogens (tertiary/aromatic N) is 1. The highest BCUT2D eigenvalue weighted by Gasteiger charge is 2.51. The van der Waals surface area contributed by atoms with Crippen molar-refractivity contribution in [3.63, 3.8) is 0 Å². The molecule has 0 aliphatic carbocycles. The highest BCUT2D eigenvalue weighted by molar-refractivity contribution is 6.62. The van der Waals surface area contributed by atoms with E-state index in [0.717, 1.165) is 22.1 Å². The van der Waals surface area contributed by atoms with E-state index in [2.05, 4.69) is 38.7 Å². The number of oxazole rings is 1. The summed E-state index contributed by atoms with van der Waals surface area (Å²) in [6.07, 6.45) is 0. The fourth-order valence-corrected chi connectivity index (χ4v) is 2.45. The van der Waals surface area contributed by atoms with Gasteiger partial charge in [0, 0.05) is 6.92 Å². The van der Waals surface area contributed by atoms with Gasteiger partial charge in [-0.05, 0) is 51.7 Å². The Hall–Kier alpha value is -1.33. The highest BCUT2D eigenvalue weighted by atomic mass is 16.7. The SMILES string of the molecule is Cc1nc2cc(B3OC(C)(C)C(C)(C)O3)cc(C)c2o1. The van der Waals surface area contributed by atoms with Crippen LogP contribution in [0.2, 0.25) is 0 Å². The molecule has 0 saturated carbocycles. The van der Waals surface area contributed by atoms with Crippen LogP contribution in [0.4, 0.5) is 0 Å². The van der Waals surface area contributed by atoms with E-state index in [1.807, 2.05) is 19.9 Å². The Balaban J connectivity index is 2.04. The van der Waals surface area contributed by atoms with Gasteiger partial charge in [-0.3, -0.25) is 0 Å². The van der Waals surface area contributed by atoms with Gasteiger partial charge in [0.1, 0.15) is 5.52 Å². The van der Waals surface area contributed by atoms with Crippen molar-refractivity contribution in [3.05, 3.63) is 23.6 Å². The quantitative estimate of drug-likeness (QED) is 0.749. The molecule has 0 spiro atoms. The Bertz CT molecular complexity index is 659. The largest absolute Gasteiger partial charge is 0.494 e. The molecule has 3 rings (SSSR count). The zero-order valence-corrected chi connectivity index (χ0v) is 12.9. The first-order chi connectivity index (χ1) is 9.19. The Morgan fingerprint density at radius 1 is 1.00 bits per heavy atom. The average molecular weight is 273 g/mol. The number of fused-ring (bicyclic) bond motifs is 1. The summed E-state index contributed by atoms with van der Waals surface area (Å²) in [5.41, 5.74) is 3.06. The molecule has 0 N–H and O–H groups in total. The summed E-state index contributed by atoms with van der Waals surface area (Å²) in [7, 11) is -0.361. The van der Waals surface area contributed by atoms with Gasteiger partial charge in [-0.2, -0.15) is 0 Å². The molecular weight excluding hydrogens is 253 g/mol. The Morgan fingerprint density at radius 2 is 1.60 bits per heavy atom. The lowest BCUT2D eigenvalue weighted by atomic mass is 9.78. The number of benzene rings is 1. The number of hydrogen-bond donors (Lipinski definition) is 0. The minimum atomic E-state index is -0.361. The van der Waals surface area contributed by atoms with E-state index in [9.17, 15) is 0 Å². The van der Waals surface area contributed by atoms with Crippen LogP contribution in [0, 0.1) is 13.8 Å². The topological polar surface area (TPSA) is 44.5 Å². The standard InChI is InChI=1S/C15H20BNO3/c1-9-7-11(8-12-13(9)18-10(2)17-12)16-19-14(3,4)15(5,6)20-16/h7-8H,1-6H3. The van der Waals surface area contributed by atoms with Gasteiger partial charge in [0.15, 0.2) is 11.5 Å². The summed E-state index contributed by atoms with van der Waals surface area (Å²) < 4.78 is 17.8. The van der Waals surface area contributed by atoms with E-state index < -0.39 is 0 Å². The third-order valence-corrected chi connectivity index (χ3v) is 4.33. The molecule has 1 aromatic carbocycles. The highest BCUT2D eigenvalue weighted by Crippen LogP contribution is 2.36. The van der Waals surface area contributed by atoms with Crippen molar-refractivity contribution in [3.8, 4) is 0 Å². The molecule has 0 bridgehead atoms. The predicted molar refractivity (Wildman–Crippen MR) is 79.2 cm³/mol. The molecule has 0 radical (unpaired) electrons. The van der Waals surface area contributed by atoms with Crippen molar-refractivity contribution in [2.75, 3.05) is 0 Å². The molecule has 0 amide bonds. The number of aryl methyl sites for hydroxylation is 2. The van der Waals surface area contributed by atoms with Crippen LogP contribution in [0.3, 0.4) is 0 Å². The summed E-state index contributed by atoms with van der Waals surface area (Å²) in [5.74, 6) is 0.675. The molecule has 1 fully saturated rings. The summed E-state index contributed by atoms with van der Waals surface area (Å²) in [6.45, 7) is 12.1. The summed E-state index contributed by atoms with van der Waals surface area (Å²) in [6, 6.07) is 4.04. The van der Waals surface area contributed by atoms with Crippen molar-refractivity contribution in [1.29, 1.82) is 0 Å². The van der Waals surface area contributed by atoms with Gasteiger partial charge in [-0.15, -0.1) is 0 Å². The molecule has 1 aliphatic heterocycles. The molecule has 1 aliphatic rings. The van der Waals surface area contributed by atoms with Crippen molar-refractivity contribution in [2.45, 2.75) is 52.7 Å².